The molecule has 24 heavy (non-hydrogen) atoms. The van der Waals surface area contributed by atoms with Crippen LogP contribution in [0, 0.1) is 0 Å². The van der Waals surface area contributed by atoms with Gasteiger partial charge in [0, 0.05) is 37.6 Å². The van der Waals surface area contributed by atoms with E-state index in [0.717, 1.165) is 18.2 Å². The molecule has 2 aliphatic heterocycles. The molecule has 2 aromatic rings. The van der Waals surface area contributed by atoms with Gasteiger partial charge in [0.2, 0.25) is 5.91 Å². The predicted molar refractivity (Wildman–Crippen MR) is 89.8 cm³/mol. The van der Waals surface area contributed by atoms with Gasteiger partial charge in [-0.05, 0) is 30.4 Å². The minimum absolute atomic E-state index is 0.00943. The van der Waals surface area contributed by atoms with E-state index in [9.17, 15) is 14.4 Å². The number of likely N-dealkylation sites (tertiary alicyclic amines) is 1. The molecule has 124 valence electrons. The van der Waals surface area contributed by atoms with Crippen LogP contribution in [0.5, 0.6) is 0 Å². The number of aromatic nitrogens is 1. The number of amides is 2. The van der Waals surface area contributed by atoms with Gasteiger partial charge in [-0.15, -0.1) is 0 Å². The number of rotatable bonds is 1. The molecule has 4 rings (SSSR count). The maximum Gasteiger partial charge on any atom is 0.261 e. The lowest BCUT2D eigenvalue weighted by Gasteiger charge is -2.27. The van der Waals surface area contributed by atoms with E-state index in [4.69, 9.17) is 0 Å². The Morgan fingerprint density at radius 2 is 1.92 bits per heavy atom. The summed E-state index contributed by atoms with van der Waals surface area (Å²) in [7, 11) is 1.77. The van der Waals surface area contributed by atoms with Crippen LogP contribution in [0.3, 0.4) is 0 Å². The fourth-order valence-corrected chi connectivity index (χ4v) is 3.89. The zero-order valence-corrected chi connectivity index (χ0v) is 13.5. The first-order chi connectivity index (χ1) is 11.5. The molecular formula is C18H19N3O3. The van der Waals surface area contributed by atoms with E-state index in [-0.39, 0.29) is 35.0 Å². The van der Waals surface area contributed by atoms with Crippen LogP contribution in [0.25, 0.3) is 10.9 Å². The van der Waals surface area contributed by atoms with Crippen molar-refractivity contribution in [3.8, 4) is 0 Å². The Bertz CT molecular complexity index is 888. The van der Waals surface area contributed by atoms with Gasteiger partial charge >= 0.3 is 0 Å². The summed E-state index contributed by atoms with van der Waals surface area (Å²) in [6.45, 7) is 0.534. The van der Waals surface area contributed by atoms with Gasteiger partial charge in [-0.25, -0.2) is 0 Å². The standard InChI is InChI=1S/C18H19N3O3/c1-20-10-13-7-6-12(9-16(20)22)21(13)18(24)14-8-11-4-2-3-5-15(11)19-17(14)23/h2-5,8,12-13H,6-7,9-10H2,1H3,(H,19,23)/t12-,13+/m0/s1. The Kier molecular flexibility index (Phi) is 3.40. The van der Waals surface area contributed by atoms with Crippen LogP contribution in [-0.2, 0) is 4.79 Å². The average Bonchev–Trinajstić information content (AvgIpc) is 2.89. The molecule has 1 aromatic carbocycles. The molecule has 2 bridgehead atoms. The number of carbonyl (C=O) groups excluding carboxylic acids is 2. The van der Waals surface area contributed by atoms with E-state index in [0.29, 0.717) is 18.5 Å². The number of hydrogen-bond acceptors (Lipinski definition) is 3. The van der Waals surface area contributed by atoms with Crippen LogP contribution >= 0.6 is 0 Å². The molecule has 0 radical (unpaired) electrons. The molecule has 2 saturated heterocycles. The molecule has 1 N–H and O–H groups in total. The fourth-order valence-electron chi connectivity index (χ4n) is 3.89. The molecule has 0 saturated carbocycles. The number of fused-ring (bicyclic) bond motifs is 3. The third-order valence-electron chi connectivity index (χ3n) is 5.16. The molecule has 0 spiro atoms. The predicted octanol–water partition coefficient (Wildman–Crippen LogP) is 1.36. The lowest BCUT2D eigenvalue weighted by molar-refractivity contribution is -0.130. The SMILES string of the molecule is CN1C[C@H]2CC[C@@H](CC1=O)N2C(=O)c1cc2ccccc2[nH]c1=O. The molecule has 2 aliphatic rings. The Morgan fingerprint density at radius 3 is 2.75 bits per heavy atom. The molecule has 1 aromatic heterocycles. The number of pyridine rings is 1. The molecule has 6 heteroatoms. The quantitative estimate of drug-likeness (QED) is 0.860. The van der Waals surface area contributed by atoms with Crippen molar-refractivity contribution in [3.05, 3.63) is 46.2 Å². The molecule has 0 aliphatic carbocycles. The number of para-hydroxylation sites is 1. The lowest BCUT2D eigenvalue weighted by Crippen LogP contribution is -2.44. The van der Waals surface area contributed by atoms with Crippen molar-refractivity contribution in [2.45, 2.75) is 31.3 Å². The monoisotopic (exact) mass is 325 g/mol. The normalized spacial score (nSPS) is 23.6. The van der Waals surface area contributed by atoms with Gasteiger partial charge < -0.3 is 14.8 Å². The Hall–Kier alpha value is -2.63. The minimum atomic E-state index is -0.373. The van der Waals surface area contributed by atoms with Gasteiger partial charge in [0.1, 0.15) is 5.56 Å². The van der Waals surface area contributed by atoms with Crippen molar-refractivity contribution in [1.29, 1.82) is 0 Å². The van der Waals surface area contributed by atoms with Crippen LogP contribution in [-0.4, -0.2) is 52.3 Å². The second-order valence-electron chi connectivity index (χ2n) is 6.68. The number of nitrogens with one attached hydrogen (secondary N) is 1. The summed E-state index contributed by atoms with van der Waals surface area (Å²) >= 11 is 0. The van der Waals surface area contributed by atoms with Crippen LogP contribution in [0.15, 0.2) is 35.1 Å². The van der Waals surface area contributed by atoms with E-state index in [1.54, 1.807) is 22.9 Å². The smallest absolute Gasteiger partial charge is 0.261 e. The summed E-state index contributed by atoms with van der Waals surface area (Å²) in [5.41, 5.74) is 0.498. The van der Waals surface area contributed by atoms with Crippen molar-refractivity contribution in [2.75, 3.05) is 13.6 Å². The highest BCUT2D eigenvalue weighted by Crippen LogP contribution is 2.31. The average molecular weight is 325 g/mol. The summed E-state index contributed by atoms with van der Waals surface area (Å²) < 4.78 is 0. The molecule has 3 heterocycles. The highest BCUT2D eigenvalue weighted by molar-refractivity contribution is 5.98. The lowest BCUT2D eigenvalue weighted by atomic mass is 10.1. The van der Waals surface area contributed by atoms with Crippen LogP contribution < -0.4 is 5.56 Å². The molecule has 6 nitrogen and oxygen atoms in total. The van der Waals surface area contributed by atoms with E-state index >= 15 is 0 Å². The first kappa shape index (κ1) is 14.9. The summed E-state index contributed by atoms with van der Waals surface area (Å²) in [4.78, 5) is 43.8. The number of hydrogen-bond donors (Lipinski definition) is 1. The third-order valence-corrected chi connectivity index (χ3v) is 5.16. The highest BCUT2D eigenvalue weighted by Gasteiger charge is 2.42. The Labute approximate surface area is 139 Å². The van der Waals surface area contributed by atoms with Crippen LogP contribution in [0.4, 0.5) is 0 Å². The van der Waals surface area contributed by atoms with Gasteiger partial charge in [0.15, 0.2) is 0 Å². The largest absolute Gasteiger partial charge is 0.344 e. The van der Waals surface area contributed by atoms with E-state index in [2.05, 4.69) is 4.98 Å². The highest BCUT2D eigenvalue weighted by atomic mass is 16.2. The van der Waals surface area contributed by atoms with E-state index in [1.807, 2.05) is 24.3 Å². The van der Waals surface area contributed by atoms with Gasteiger partial charge in [-0.3, -0.25) is 14.4 Å². The van der Waals surface area contributed by atoms with Gasteiger partial charge in [0.05, 0.1) is 0 Å². The van der Waals surface area contributed by atoms with E-state index in [1.165, 1.54) is 0 Å². The number of benzene rings is 1. The third kappa shape index (κ3) is 2.29. The topological polar surface area (TPSA) is 73.5 Å². The Morgan fingerprint density at radius 1 is 1.17 bits per heavy atom. The molecular weight excluding hydrogens is 306 g/mol. The number of carbonyl (C=O) groups is 2. The molecule has 0 unspecified atom stereocenters. The first-order valence-corrected chi connectivity index (χ1v) is 8.23. The fraction of sp³-hybridized carbons (Fsp3) is 0.389. The zero-order chi connectivity index (χ0) is 16.8. The van der Waals surface area contributed by atoms with Gasteiger partial charge in [0.25, 0.3) is 11.5 Å². The molecule has 2 amide bonds. The zero-order valence-electron chi connectivity index (χ0n) is 13.5. The second kappa shape index (κ2) is 5.47. The number of aromatic amines is 1. The van der Waals surface area contributed by atoms with Gasteiger partial charge in [-0.2, -0.15) is 0 Å². The summed E-state index contributed by atoms with van der Waals surface area (Å²) in [6.07, 6.45) is 2.03. The van der Waals surface area contributed by atoms with Crippen molar-refractivity contribution in [2.24, 2.45) is 0 Å². The Balaban J connectivity index is 1.75. The summed E-state index contributed by atoms with van der Waals surface area (Å²) in [6, 6.07) is 8.95. The minimum Gasteiger partial charge on any atom is -0.344 e. The maximum absolute atomic E-state index is 13.1. The second-order valence-corrected chi connectivity index (χ2v) is 6.68. The van der Waals surface area contributed by atoms with Crippen LogP contribution in [0.1, 0.15) is 29.6 Å². The van der Waals surface area contributed by atoms with Crippen LogP contribution in [0.2, 0.25) is 0 Å². The van der Waals surface area contributed by atoms with Crippen molar-refractivity contribution in [3.63, 3.8) is 0 Å². The number of H-pyrrole nitrogens is 1. The molecule has 2 fully saturated rings. The maximum atomic E-state index is 13.1. The van der Waals surface area contributed by atoms with Crippen molar-refractivity contribution in [1.82, 2.24) is 14.8 Å². The number of nitrogens with zero attached hydrogens (tertiary/aromatic N) is 2. The molecule has 2 atom stereocenters. The summed E-state index contributed by atoms with van der Waals surface area (Å²) in [5, 5.41) is 0.829. The first-order valence-electron chi connectivity index (χ1n) is 8.23. The number of likely N-dealkylation sites (N-methyl/N-ethyl adjacent to an activating group) is 1. The van der Waals surface area contributed by atoms with Gasteiger partial charge in [-0.1, -0.05) is 18.2 Å². The van der Waals surface area contributed by atoms with Crippen molar-refractivity contribution >= 4 is 22.7 Å². The van der Waals surface area contributed by atoms with Crippen molar-refractivity contribution < 1.29 is 9.59 Å². The van der Waals surface area contributed by atoms with E-state index < -0.39 is 0 Å². The summed E-state index contributed by atoms with van der Waals surface area (Å²) in [5.74, 6) is -0.204.